The fourth-order valence-corrected chi connectivity index (χ4v) is 4.28. The van der Waals surface area contributed by atoms with Crippen LogP contribution in [0.4, 0.5) is 11.4 Å². The number of amides is 1. The average Bonchev–Trinajstić information content (AvgIpc) is 3.22. The number of nitro groups is 1. The second-order valence-electron chi connectivity index (χ2n) is 6.65. The van der Waals surface area contributed by atoms with E-state index in [4.69, 9.17) is 11.6 Å². The first-order valence-electron chi connectivity index (χ1n) is 9.03. The monoisotopic (exact) mass is 445 g/mol. The van der Waals surface area contributed by atoms with Crippen LogP contribution < -0.4 is 10.9 Å². The zero-order valence-electron chi connectivity index (χ0n) is 15.6. The normalized spacial score (nSPS) is 13.0. The molecule has 0 atom stereocenters. The van der Waals surface area contributed by atoms with Crippen molar-refractivity contribution < 1.29 is 9.72 Å². The molecule has 4 rings (SSSR count). The number of hydrogen-bond donors (Lipinski definition) is 1. The van der Waals surface area contributed by atoms with E-state index < -0.39 is 10.5 Å². The SMILES string of the molecule is O=C(CNc1cnn(-c2ccc([N+](=O)[O-])cc2)c(=O)c1Cl)N1CCc2sccc2C1. The number of fused-ring (bicyclic) bond motifs is 1. The van der Waals surface area contributed by atoms with Gasteiger partial charge in [0, 0.05) is 30.1 Å². The zero-order valence-corrected chi connectivity index (χ0v) is 17.2. The van der Waals surface area contributed by atoms with Gasteiger partial charge in [0.2, 0.25) is 5.91 Å². The molecule has 0 saturated heterocycles. The molecule has 0 fully saturated rings. The fourth-order valence-electron chi connectivity index (χ4n) is 3.20. The maximum atomic E-state index is 12.6. The van der Waals surface area contributed by atoms with Crippen molar-refractivity contribution in [3.63, 3.8) is 0 Å². The van der Waals surface area contributed by atoms with Crippen molar-refractivity contribution in [3.05, 3.63) is 77.8 Å². The van der Waals surface area contributed by atoms with E-state index in [0.29, 0.717) is 18.8 Å². The van der Waals surface area contributed by atoms with Crippen molar-refractivity contribution in [1.82, 2.24) is 14.7 Å². The van der Waals surface area contributed by atoms with E-state index in [1.54, 1.807) is 16.2 Å². The molecule has 3 heterocycles. The van der Waals surface area contributed by atoms with Gasteiger partial charge < -0.3 is 10.2 Å². The van der Waals surface area contributed by atoms with Crippen LogP contribution in [0, 0.1) is 10.1 Å². The van der Waals surface area contributed by atoms with Crippen LogP contribution in [0.25, 0.3) is 5.69 Å². The van der Waals surface area contributed by atoms with Crippen LogP contribution in [-0.2, 0) is 17.8 Å². The summed E-state index contributed by atoms with van der Waals surface area (Å²) in [6.07, 6.45) is 2.19. The molecule has 0 spiro atoms. The smallest absolute Gasteiger partial charge is 0.292 e. The number of thiophene rings is 1. The number of rotatable bonds is 5. The maximum absolute atomic E-state index is 12.6. The third-order valence-electron chi connectivity index (χ3n) is 4.81. The summed E-state index contributed by atoms with van der Waals surface area (Å²) in [5.74, 6) is -0.0949. The minimum absolute atomic E-state index is 0.0120. The Balaban J connectivity index is 1.45. The number of nitro benzene ring substituents is 1. The Morgan fingerprint density at radius 1 is 1.30 bits per heavy atom. The quantitative estimate of drug-likeness (QED) is 0.477. The van der Waals surface area contributed by atoms with Gasteiger partial charge in [0.1, 0.15) is 5.02 Å². The Hall–Kier alpha value is -3.24. The van der Waals surface area contributed by atoms with E-state index in [1.807, 2.05) is 11.4 Å². The minimum atomic E-state index is -0.594. The summed E-state index contributed by atoms with van der Waals surface area (Å²) >= 11 is 7.89. The van der Waals surface area contributed by atoms with Crippen LogP contribution in [0.3, 0.4) is 0 Å². The van der Waals surface area contributed by atoms with E-state index in [1.165, 1.54) is 40.9 Å². The van der Waals surface area contributed by atoms with E-state index in [-0.39, 0.29) is 28.8 Å². The lowest BCUT2D eigenvalue weighted by Crippen LogP contribution is -2.39. The lowest BCUT2D eigenvalue weighted by Gasteiger charge is -2.27. The third-order valence-corrected chi connectivity index (χ3v) is 6.20. The summed E-state index contributed by atoms with van der Waals surface area (Å²) in [6.45, 7) is 1.22. The van der Waals surface area contributed by atoms with E-state index in [9.17, 15) is 19.7 Å². The standard InChI is InChI=1S/C19H16ClN5O4S/c20-18-15(21-10-17(26)23-7-5-16-12(11-23)6-8-30-16)9-22-24(19(18)27)13-1-3-14(4-2-13)25(28)29/h1-4,6,8-9,21H,5,7,10-11H2. The number of carbonyl (C=O) groups excluding carboxylic acids is 1. The van der Waals surface area contributed by atoms with E-state index >= 15 is 0 Å². The van der Waals surface area contributed by atoms with Crippen LogP contribution in [0.15, 0.2) is 46.7 Å². The molecule has 0 unspecified atom stereocenters. The summed E-state index contributed by atoms with van der Waals surface area (Å²) in [6, 6.07) is 7.41. The topological polar surface area (TPSA) is 110 Å². The second kappa shape index (κ2) is 8.25. The molecule has 1 aromatic carbocycles. The van der Waals surface area contributed by atoms with Crippen molar-refractivity contribution in [3.8, 4) is 5.69 Å². The Morgan fingerprint density at radius 2 is 2.07 bits per heavy atom. The van der Waals surface area contributed by atoms with Gasteiger partial charge in [-0.1, -0.05) is 11.6 Å². The Kier molecular flexibility index (Phi) is 5.51. The van der Waals surface area contributed by atoms with Gasteiger partial charge in [-0.2, -0.15) is 9.78 Å². The number of aromatic nitrogens is 2. The highest BCUT2D eigenvalue weighted by Crippen LogP contribution is 2.24. The van der Waals surface area contributed by atoms with Crippen molar-refractivity contribution >= 4 is 40.2 Å². The van der Waals surface area contributed by atoms with Crippen molar-refractivity contribution in [1.29, 1.82) is 0 Å². The molecule has 0 aliphatic carbocycles. The molecule has 11 heteroatoms. The van der Waals surface area contributed by atoms with Gasteiger partial charge in [-0.25, -0.2) is 0 Å². The first-order valence-corrected chi connectivity index (χ1v) is 10.3. The molecule has 3 aromatic rings. The van der Waals surface area contributed by atoms with Crippen LogP contribution in [0.5, 0.6) is 0 Å². The lowest BCUT2D eigenvalue weighted by molar-refractivity contribution is -0.384. The summed E-state index contributed by atoms with van der Waals surface area (Å²) in [5.41, 5.74) is 1.08. The number of carbonyl (C=O) groups is 1. The zero-order chi connectivity index (χ0) is 21.3. The predicted molar refractivity (Wildman–Crippen MR) is 113 cm³/mol. The van der Waals surface area contributed by atoms with Gasteiger partial charge in [-0.05, 0) is 35.6 Å². The Bertz CT molecular complexity index is 1170. The third kappa shape index (κ3) is 3.91. The number of anilines is 1. The average molecular weight is 446 g/mol. The highest BCUT2D eigenvalue weighted by molar-refractivity contribution is 7.10. The Labute approximate surface area is 179 Å². The molecule has 1 N–H and O–H groups in total. The van der Waals surface area contributed by atoms with Crippen LogP contribution in [-0.4, -0.2) is 38.6 Å². The number of nitrogens with one attached hydrogen (secondary N) is 1. The molecule has 2 aromatic heterocycles. The Morgan fingerprint density at radius 3 is 2.80 bits per heavy atom. The van der Waals surface area contributed by atoms with Crippen LogP contribution in [0.2, 0.25) is 5.02 Å². The first-order chi connectivity index (χ1) is 14.4. The molecule has 1 amide bonds. The maximum Gasteiger partial charge on any atom is 0.292 e. The first kappa shape index (κ1) is 20.0. The summed E-state index contributed by atoms with van der Waals surface area (Å²) in [4.78, 5) is 38.4. The largest absolute Gasteiger partial charge is 0.373 e. The van der Waals surface area contributed by atoms with Gasteiger partial charge in [0.15, 0.2) is 0 Å². The highest BCUT2D eigenvalue weighted by atomic mass is 35.5. The molecular formula is C19H16ClN5O4S. The van der Waals surface area contributed by atoms with Crippen LogP contribution >= 0.6 is 22.9 Å². The van der Waals surface area contributed by atoms with Crippen LogP contribution in [0.1, 0.15) is 10.4 Å². The molecule has 0 bridgehead atoms. The number of hydrogen-bond acceptors (Lipinski definition) is 7. The predicted octanol–water partition coefficient (Wildman–Crippen LogP) is 2.85. The molecule has 0 saturated carbocycles. The van der Waals surface area contributed by atoms with E-state index in [2.05, 4.69) is 10.4 Å². The van der Waals surface area contributed by atoms with Crippen molar-refractivity contribution in [2.24, 2.45) is 0 Å². The molecule has 30 heavy (non-hydrogen) atoms. The molecule has 9 nitrogen and oxygen atoms in total. The molecule has 1 aliphatic rings. The highest BCUT2D eigenvalue weighted by Gasteiger charge is 2.21. The summed E-state index contributed by atoms with van der Waals surface area (Å²) < 4.78 is 1.04. The van der Waals surface area contributed by atoms with Crippen molar-refractivity contribution in [2.45, 2.75) is 13.0 Å². The second-order valence-corrected chi connectivity index (χ2v) is 8.03. The fraction of sp³-hybridized carbons (Fsp3) is 0.211. The van der Waals surface area contributed by atoms with Crippen molar-refractivity contribution in [2.75, 3.05) is 18.4 Å². The number of non-ortho nitro benzene ring substituents is 1. The van der Waals surface area contributed by atoms with Gasteiger partial charge in [0.05, 0.1) is 29.0 Å². The molecule has 154 valence electrons. The summed E-state index contributed by atoms with van der Waals surface area (Å²) in [5, 5.41) is 19.6. The minimum Gasteiger partial charge on any atom is -0.373 e. The lowest BCUT2D eigenvalue weighted by atomic mass is 10.1. The number of halogens is 1. The van der Waals surface area contributed by atoms with E-state index in [0.717, 1.165) is 11.1 Å². The molecule has 0 radical (unpaired) electrons. The number of nitrogens with zero attached hydrogens (tertiary/aromatic N) is 4. The van der Waals surface area contributed by atoms with Gasteiger partial charge in [0.25, 0.3) is 11.2 Å². The van der Waals surface area contributed by atoms with Gasteiger partial charge in [-0.3, -0.25) is 19.7 Å². The number of benzene rings is 1. The molecule has 1 aliphatic heterocycles. The summed E-state index contributed by atoms with van der Waals surface area (Å²) in [7, 11) is 0. The molecular weight excluding hydrogens is 430 g/mol. The van der Waals surface area contributed by atoms with Gasteiger partial charge >= 0.3 is 0 Å². The van der Waals surface area contributed by atoms with Gasteiger partial charge in [-0.15, -0.1) is 11.3 Å².